The summed E-state index contributed by atoms with van der Waals surface area (Å²) in [6.07, 6.45) is -0.659. The van der Waals surface area contributed by atoms with Gasteiger partial charge in [0.2, 0.25) is 5.91 Å². The zero-order valence-electron chi connectivity index (χ0n) is 13.1. The van der Waals surface area contributed by atoms with Gasteiger partial charge in [-0.2, -0.15) is 13.2 Å². The fourth-order valence-corrected chi connectivity index (χ4v) is 3.52. The standard InChI is InChI=1S/C15H25F3N2O2.ClH/c16-15(17,18)12-4-2-1-3-11(12)9-20-14(21)13(19)10-5-7-22-8-6-10;/h10-13H,1-9,19H2,(H,20,21);1H. The highest BCUT2D eigenvalue weighted by atomic mass is 35.5. The summed E-state index contributed by atoms with van der Waals surface area (Å²) in [5, 5.41) is 2.65. The van der Waals surface area contributed by atoms with Crippen molar-refractivity contribution in [2.75, 3.05) is 19.8 Å². The predicted molar refractivity (Wildman–Crippen MR) is 83.3 cm³/mol. The molecule has 0 bridgehead atoms. The second-order valence-corrected chi connectivity index (χ2v) is 6.41. The van der Waals surface area contributed by atoms with E-state index in [1.54, 1.807) is 0 Å². The van der Waals surface area contributed by atoms with Gasteiger partial charge in [-0.15, -0.1) is 12.4 Å². The van der Waals surface area contributed by atoms with Crippen LogP contribution in [0.2, 0.25) is 0 Å². The fraction of sp³-hybridized carbons (Fsp3) is 0.933. The van der Waals surface area contributed by atoms with E-state index in [0.29, 0.717) is 26.1 Å². The van der Waals surface area contributed by atoms with E-state index < -0.39 is 24.1 Å². The number of alkyl halides is 3. The lowest BCUT2D eigenvalue weighted by molar-refractivity contribution is -0.195. The third-order valence-corrected chi connectivity index (χ3v) is 4.94. The van der Waals surface area contributed by atoms with Crippen molar-refractivity contribution in [1.29, 1.82) is 0 Å². The van der Waals surface area contributed by atoms with Crippen molar-refractivity contribution in [2.45, 2.75) is 50.7 Å². The average Bonchev–Trinajstić information content (AvgIpc) is 2.52. The fourth-order valence-electron chi connectivity index (χ4n) is 3.52. The van der Waals surface area contributed by atoms with Gasteiger partial charge in [0.15, 0.2) is 0 Å². The van der Waals surface area contributed by atoms with Crippen LogP contribution < -0.4 is 11.1 Å². The van der Waals surface area contributed by atoms with Gasteiger partial charge in [-0.05, 0) is 37.5 Å². The molecule has 3 atom stereocenters. The van der Waals surface area contributed by atoms with Crippen molar-refractivity contribution in [1.82, 2.24) is 5.32 Å². The number of halogens is 4. The van der Waals surface area contributed by atoms with Crippen molar-refractivity contribution in [2.24, 2.45) is 23.5 Å². The SMILES string of the molecule is Cl.NC(C(=O)NCC1CCCCC1C(F)(F)F)C1CCOCC1. The van der Waals surface area contributed by atoms with Crippen molar-refractivity contribution in [3.05, 3.63) is 0 Å². The first kappa shape index (κ1) is 20.5. The van der Waals surface area contributed by atoms with Gasteiger partial charge in [0.1, 0.15) is 0 Å². The predicted octanol–water partition coefficient (Wildman–Crippen LogP) is 2.65. The molecule has 0 aromatic rings. The quantitative estimate of drug-likeness (QED) is 0.812. The van der Waals surface area contributed by atoms with Gasteiger partial charge in [0.25, 0.3) is 0 Å². The van der Waals surface area contributed by atoms with Crippen LogP contribution in [0.25, 0.3) is 0 Å². The van der Waals surface area contributed by atoms with Crippen LogP contribution in [0, 0.1) is 17.8 Å². The molecule has 23 heavy (non-hydrogen) atoms. The minimum absolute atomic E-state index is 0. The summed E-state index contributed by atoms with van der Waals surface area (Å²) in [6, 6.07) is -0.656. The van der Waals surface area contributed by atoms with E-state index >= 15 is 0 Å². The van der Waals surface area contributed by atoms with Crippen LogP contribution in [0.1, 0.15) is 38.5 Å². The highest BCUT2D eigenvalue weighted by molar-refractivity contribution is 5.85. The van der Waals surface area contributed by atoms with Gasteiger partial charge >= 0.3 is 6.18 Å². The van der Waals surface area contributed by atoms with E-state index in [9.17, 15) is 18.0 Å². The molecule has 0 aromatic carbocycles. The minimum atomic E-state index is -4.18. The van der Waals surface area contributed by atoms with Crippen LogP contribution >= 0.6 is 12.4 Å². The highest BCUT2D eigenvalue weighted by Crippen LogP contribution is 2.41. The van der Waals surface area contributed by atoms with E-state index in [2.05, 4.69) is 5.32 Å². The molecule has 0 spiro atoms. The Hall–Kier alpha value is -0.530. The molecule has 1 heterocycles. The first-order chi connectivity index (χ1) is 10.4. The number of hydrogen-bond donors (Lipinski definition) is 2. The van der Waals surface area contributed by atoms with Gasteiger partial charge in [-0.1, -0.05) is 12.8 Å². The van der Waals surface area contributed by atoms with E-state index in [4.69, 9.17) is 10.5 Å². The molecule has 136 valence electrons. The zero-order chi connectivity index (χ0) is 16.2. The smallest absolute Gasteiger partial charge is 0.381 e. The van der Waals surface area contributed by atoms with Crippen molar-refractivity contribution in [3.8, 4) is 0 Å². The van der Waals surface area contributed by atoms with E-state index in [1.165, 1.54) is 0 Å². The molecule has 3 N–H and O–H groups in total. The summed E-state index contributed by atoms with van der Waals surface area (Å²) in [5.74, 6) is -2.11. The van der Waals surface area contributed by atoms with E-state index in [-0.39, 0.29) is 37.2 Å². The Morgan fingerprint density at radius 3 is 2.39 bits per heavy atom. The second kappa shape index (κ2) is 9.08. The van der Waals surface area contributed by atoms with Gasteiger partial charge < -0.3 is 15.8 Å². The van der Waals surface area contributed by atoms with E-state index in [1.807, 2.05) is 0 Å². The van der Waals surface area contributed by atoms with Crippen LogP contribution in [0.3, 0.4) is 0 Å². The molecular weight excluding hydrogens is 333 g/mol. The van der Waals surface area contributed by atoms with Crippen molar-refractivity contribution in [3.63, 3.8) is 0 Å². The molecule has 1 saturated heterocycles. The Kier molecular flexibility index (Phi) is 8.10. The molecule has 0 aromatic heterocycles. The summed E-state index contributed by atoms with van der Waals surface area (Å²) in [7, 11) is 0. The molecule has 1 amide bonds. The first-order valence-corrected chi connectivity index (χ1v) is 8.07. The number of carbonyl (C=O) groups is 1. The average molecular weight is 359 g/mol. The molecule has 0 radical (unpaired) electrons. The maximum atomic E-state index is 13.0. The zero-order valence-corrected chi connectivity index (χ0v) is 13.9. The number of nitrogens with two attached hydrogens (primary N) is 1. The number of amides is 1. The Labute approximate surface area is 141 Å². The summed E-state index contributed by atoms with van der Waals surface area (Å²) < 4.78 is 44.3. The Morgan fingerprint density at radius 2 is 1.78 bits per heavy atom. The summed E-state index contributed by atoms with van der Waals surface area (Å²) in [4.78, 5) is 12.1. The van der Waals surface area contributed by atoms with Gasteiger partial charge in [-0.3, -0.25) is 4.79 Å². The van der Waals surface area contributed by atoms with Crippen LogP contribution in [0.15, 0.2) is 0 Å². The molecule has 8 heteroatoms. The van der Waals surface area contributed by atoms with Crippen molar-refractivity contribution < 1.29 is 22.7 Å². The molecule has 2 fully saturated rings. The molecule has 1 aliphatic carbocycles. The summed E-state index contributed by atoms with van der Waals surface area (Å²) in [6.45, 7) is 1.24. The van der Waals surface area contributed by atoms with E-state index in [0.717, 1.165) is 19.3 Å². The number of nitrogens with one attached hydrogen (secondary N) is 1. The minimum Gasteiger partial charge on any atom is -0.381 e. The molecule has 4 nitrogen and oxygen atoms in total. The molecule has 3 unspecified atom stereocenters. The second-order valence-electron chi connectivity index (χ2n) is 6.41. The van der Waals surface area contributed by atoms with Crippen molar-refractivity contribution >= 4 is 18.3 Å². The highest BCUT2D eigenvalue weighted by Gasteiger charge is 2.45. The third-order valence-electron chi connectivity index (χ3n) is 4.94. The number of ether oxygens (including phenoxy) is 1. The molecule has 2 aliphatic rings. The largest absolute Gasteiger partial charge is 0.392 e. The number of hydrogen-bond acceptors (Lipinski definition) is 3. The lowest BCUT2D eigenvalue weighted by Gasteiger charge is -2.33. The summed E-state index contributed by atoms with van der Waals surface area (Å²) in [5.41, 5.74) is 5.94. The molecule has 2 rings (SSSR count). The molecular formula is C15H26ClF3N2O2. The number of carbonyl (C=O) groups excluding carboxylic acids is 1. The maximum Gasteiger partial charge on any atom is 0.392 e. The molecule has 1 aliphatic heterocycles. The van der Waals surface area contributed by atoms with Gasteiger partial charge in [-0.25, -0.2) is 0 Å². The first-order valence-electron chi connectivity index (χ1n) is 8.07. The lowest BCUT2D eigenvalue weighted by atomic mass is 9.78. The van der Waals surface area contributed by atoms with Crippen LogP contribution in [-0.2, 0) is 9.53 Å². The van der Waals surface area contributed by atoms with Crippen LogP contribution in [0.5, 0.6) is 0 Å². The Bertz CT molecular complexity index is 376. The van der Waals surface area contributed by atoms with Gasteiger partial charge in [0, 0.05) is 19.8 Å². The van der Waals surface area contributed by atoms with Crippen LogP contribution in [0.4, 0.5) is 13.2 Å². The summed E-state index contributed by atoms with van der Waals surface area (Å²) >= 11 is 0. The monoisotopic (exact) mass is 358 g/mol. The lowest BCUT2D eigenvalue weighted by Crippen LogP contribution is -2.49. The number of rotatable bonds is 4. The molecule has 1 saturated carbocycles. The Morgan fingerprint density at radius 1 is 1.17 bits per heavy atom. The maximum absolute atomic E-state index is 13.0. The third kappa shape index (κ3) is 5.80. The Balaban J connectivity index is 0.00000264. The normalized spacial score (nSPS) is 27.8. The van der Waals surface area contributed by atoms with Crippen LogP contribution in [-0.4, -0.2) is 37.9 Å². The topological polar surface area (TPSA) is 64.4 Å². The van der Waals surface area contributed by atoms with Gasteiger partial charge in [0.05, 0.1) is 12.0 Å².